The number of hydrogen-bond donors (Lipinski definition) is 1. The predicted molar refractivity (Wildman–Crippen MR) is 34.9 cm³/mol. The van der Waals surface area contributed by atoms with E-state index in [4.69, 9.17) is 0 Å². The minimum Gasteiger partial charge on any atom is -0.341 e. The number of urea groups is 1. The third-order valence-corrected chi connectivity index (χ3v) is 1.45. The number of likely N-dealkylation sites (tertiary alicyclic amines) is 1. The van der Waals surface area contributed by atoms with Crippen LogP contribution in [0, 0.1) is 6.42 Å². The fourth-order valence-electron chi connectivity index (χ4n) is 0.928. The summed E-state index contributed by atoms with van der Waals surface area (Å²) >= 11 is 0. The third-order valence-electron chi connectivity index (χ3n) is 1.45. The third kappa shape index (κ3) is 1.34. The second kappa shape index (κ2) is 2.71. The second-order valence-corrected chi connectivity index (χ2v) is 2.08. The maximum atomic E-state index is 10.8. The van der Waals surface area contributed by atoms with Crippen LogP contribution in [0.4, 0.5) is 4.79 Å². The second-order valence-electron chi connectivity index (χ2n) is 2.08. The van der Waals surface area contributed by atoms with Gasteiger partial charge < -0.3 is 10.2 Å². The zero-order valence-electron chi connectivity index (χ0n) is 5.55. The molecule has 1 fully saturated rings. The van der Waals surface area contributed by atoms with Crippen LogP contribution in [0.1, 0.15) is 6.42 Å². The van der Waals surface area contributed by atoms with Crippen molar-refractivity contribution in [1.29, 1.82) is 0 Å². The van der Waals surface area contributed by atoms with Crippen molar-refractivity contribution in [2.45, 2.75) is 6.42 Å². The molecule has 3 heteroatoms. The van der Waals surface area contributed by atoms with Gasteiger partial charge in [0.25, 0.3) is 0 Å². The minimum absolute atomic E-state index is 0.0313. The molecule has 1 N–H and O–H groups in total. The summed E-state index contributed by atoms with van der Waals surface area (Å²) in [6.07, 6.45) is 3.14. The molecule has 0 atom stereocenters. The van der Waals surface area contributed by atoms with E-state index in [1.807, 2.05) is 0 Å². The van der Waals surface area contributed by atoms with Gasteiger partial charge in [0.05, 0.1) is 0 Å². The normalized spacial score (nSPS) is 18.1. The largest absolute Gasteiger partial charge is 0.341 e. The zero-order valence-corrected chi connectivity index (χ0v) is 5.55. The molecule has 2 amide bonds. The molecule has 0 aliphatic carbocycles. The average Bonchev–Trinajstić information content (AvgIpc) is 2.37. The van der Waals surface area contributed by atoms with Crippen LogP contribution in [0.3, 0.4) is 0 Å². The standard InChI is InChI=1S/C6H11N2O/c1-7-6(9)8-4-2-3-5-8/h2H,3-5H2,1H3,(H,7,9). The van der Waals surface area contributed by atoms with Gasteiger partial charge in [-0.3, -0.25) is 0 Å². The highest BCUT2D eigenvalue weighted by Gasteiger charge is 2.15. The van der Waals surface area contributed by atoms with E-state index >= 15 is 0 Å². The molecule has 3 nitrogen and oxygen atoms in total. The van der Waals surface area contributed by atoms with Crippen molar-refractivity contribution in [2.24, 2.45) is 0 Å². The van der Waals surface area contributed by atoms with Crippen LogP contribution in [0.15, 0.2) is 0 Å². The first-order valence-electron chi connectivity index (χ1n) is 3.13. The fourth-order valence-corrected chi connectivity index (χ4v) is 0.928. The first-order chi connectivity index (χ1) is 4.34. The fraction of sp³-hybridized carbons (Fsp3) is 0.667. The van der Waals surface area contributed by atoms with Crippen LogP contribution < -0.4 is 5.32 Å². The van der Waals surface area contributed by atoms with Crippen molar-refractivity contribution in [3.8, 4) is 0 Å². The lowest BCUT2D eigenvalue weighted by Gasteiger charge is -2.12. The Kier molecular flexibility index (Phi) is 1.92. The number of rotatable bonds is 0. The SMILES string of the molecule is CNC(=O)N1C[CH]CC1. The molecule has 0 saturated carbocycles. The van der Waals surface area contributed by atoms with Gasteiger partial charge in [-0.25, -0.2) is 4.79 Å². The van der Waals surface area contributed by atoms with E-state index in [2.05, 4.69) is 11.7 Å². The van der Waals surface area contributed by atoms with Crippen molar-refractivity contribution < 1.29 is 4.79 Å². The Hall–Kier alpha value is -0.730. The molecule has 0 aromatic carbocycles. The van der Waals surface area contributed by atoms with Crippen molar-refractivity contribution >= 4 is 6.03 Å². The van der Waals surface area contributed by atoms with Crippen LogP contribution in [0.25, 0.3) is 0 Å². The lowest BCUT2D eigenvalue weighted by Crippen LogP contribution is -2.35. The van der Waals surface area contributed by atoms with Crippen LogP contribution in [0.2, 0.25) is 0 Å². The monoisotopic (exact) mass is 127 g/mol. The van der Waals surface area contributed by atoms with E-state index in [1.165, 1.54) is 0 Å². The van der Waals surface area contributed by atoms with Crippen LogP contribution in [-0.4, -0.2) is 31.1 Å². The van der Waals surface area contributed by atoms with Crippen molar-refractivity contribution in [1.82, 2.24) is 10.2 Å². The number of carbonyl (C=O) groups is 1. The van der Waals surface area contributed by atoms with Gasteiger partial charge >= 0.3 is 6.03 Å². The van der Waals surface area contributed by atoms with Crippen LogP contribution in [0.5, 0.6) is 0 Å². The lowest BCUT2D eigenvalue weighted by molar-refractivity contribution is 0.212. The molecule has 1 aliphatic heterocycles. The Morgan fingerprint density at radius 1 is 1.78 bits per heavy atom. The molecule has 0 unspecified atom stereocenters. The Morgan fingerprint density at radius 2 is 2.56 bits per heavy atom. The molecule has 1 heterocycles. The Labute approximate surface area is 55.0 Å². The van der Waals surface area contributed by atoms with Gasteiger partial charge in [-0.05, 0) is 12.8 Å². The molecule has 0 spiro atoms. The van der Waals surface area contributed by atoms with Gasteiger partial charge in [0.1, 0.15) is 0 Å². The number of nitrogens with one attached hydrogen (secondary N) is 1. The lowest BCUT2D eigenvalue weighted by atomic mass is 10.4. The molecule has 1 saturated heterocycles. The Morgan fingerprint density at radius 3 is 3.00 bits per heavy atom. The van der Waals surface area contributed by atoms with Gasteiger partial charge in [0.2, 0.25) is 0 Å². The first kappa shape index (κ1) is 6.39. The summed E-state index contributed by atoms with van der Waals surface area (Å²) in [5.74, 6) is 0. The highest BCUT2D eigenvalue weighted by atomic mass is 16.2. The quantitative estimate of drug-likeness (QED) is 0.496. The highest BCUT2D eigenvalue weighted by Crippen LogP contribution is 2.04. The minimum atomic E-state index is 0.0313. The summed E-state index contributed by atoms with van der Waals surface area (Å²) in [6, 6.07) is 0.0313. The van der Waals surface area contributed by atoms with E-state index in [9.17, 15) is 4.79 Å². The summed E-state index contributed by atoms with van der Waals surface area (Å²) in [7, 11) is 1.65. The van der Waals surface area contributed by atoms with E-state index in [0.717, 1.165) is 19.5 Å². The molecule has 9 heavy (non-hydrogen) atoms. The van der Waals surface area contributed by atoms with Crippen molar-refractivity contribution in [3.05, 3.63) is 6.42 Å². The topological polar surface area (TPSA) is 32.3 Å². The van der Waals surface area contributed by atoms with E-state index in [-0.39, 0.29) is 6.03 Å². The molecule has 0 bridgehead atoms. The number of hydrogen-bond acceptors (Lipinski definition) is 1. The van der Waals surface area contributed by atoms with E-state index in [1.54, 1.807) is 11.9 Å². The molecule has 0 aromatic rings. The molecule has 1 radical (unpaired) electrons. The van der Waals surface area contributed by atoms with Crippen LogP contribution in [-0.2, 0) is 0 Å². The van der Waals surface area contributed by atoms with Crippen LogP contribution >= 0.6 is 0 Å². The number of nitrogens with zero attached hydrogens (tertiary/aromatic N) is 1. The zero-order chi connectivity index (χ0) is 6.69. The van der Waals surface area contributed by atoms with Gasteiger partial charge in [-0.1, -0.05) is 0 Å². The summed E-state index contributed by atoms with van der Waals surface area (Å²) in [5.41, 5.74) is 0. The van der Waals surface area contributed by atoms with Gasteiger partial charge in [-0.2, -0.15) is 0 Å². The van der Waals surface area contributed by atoms with Gasteiger partial charge in [-0.15, -0.1) is 0 Å². The number of amides is 2. The highest BCUT2D eigenvalue weighted by molar-refractivity contribution is 5.74. The maximum absolute atomic E-state index is 10.8. The van der Waals surface area contributed by atoms with Crippen molar-refractivity contribution in [3.63, 3.8) is 0 Å². The summed E-state index contributed by atoms with van der Waals surface area (Å²) in [4.78, 5) is 12.6. The first-order valence-corrected chi connectivity index (χ1v) is 3.13. The van der Waals surface area contributed by atoms with E-state index in [0.29, 0.717) is 0 Å². The van der Waals surface area contributed by atoms with E-state index < -0.39 is 0 Å². The molecule has 1 aliphatic rings. The maximum Gasteiger partial charge on any atom is 0.317 e. The Bertz CT molecular complexity index is 108. The summed E-state index contributed by atoms with van der Waals surface area (Å²) in [6.45, 7) is 1.68. The predicted octanol–water partition coefficient (Wildman–Crippen LogP) is 0.236. The molecule has 51 valence electrons. The molecular weight excluding hydrogens is 116 g/mol. The van der Waals surface area contributed by atoms with Gasteiger partial charge in [0, 0.05) is 20.1 Å². The van der Waals surface area contributed by atoms with Gasteiger partial charge in [0.15, 0.2) is 0 Å². The Balaban J connectivity index is 2.32. The average molecular weight is 127 g/mol. The molecule has 1 rings (SSSR count). The smallest absolute Gasteiger partial charge is 0.317 e. The molecular formula is C6H11N2O. The number of carbonyl (C=O) groups excluding carboxylic acids is 1. The summed E-state index contributed by atoms with van der Waals surface area (Å²) < 4.78 is 0. The molecule has 0 aromatic heterocycles. The summed E-state index contributed by atoms with van der Waals surface area (Å²) in [5, 5.41) is 2.57. The van der Waals surface area contributed by atoms with Crippen molar-refractivity contribution in [2.75, 3.05) is 20.1 Å².